The summed E-state index contributed by atoms with van der Waals surface area (Å²) in [7, 11) is 2.15. The first-order chi connectivity index (χ1) is 8.25. The van der Waals surface area contributed by atoms with E-state index in [1.165, 1.54) is 21.6 Å². The SMILES string of the molecule is CN1CCc2c(-c3cccs3)ccc(N)c2C1. The quantitative estimate of drug-likeness (QED) is 0.781. The Kier molecular flexibility index (Phi) is 2.65. The van der Waals surface area contributed by atoms with Crippen molar-refractivity contribution >= 4 is 17.0 Å². The van der Waals surface area contributed by atoms with Gasteiger partial charge in [0.25, 0.3) is 0 Å². The van der Waals surface area contributed by atoms with E-state index in [0.717, 1.165) is 25.2 Å². The zero-order chi connectivity index (χ0) is 11.8. The third-order valence-electron chi connectivity index (χ3n) is 3.43. The van der Waals surface area contributed by atoms with Gasteiger partial charge in [0.05, 0.1) is 0 Å². The predicted octanol–water partition coefficient (Wildman–Crippen LogP) is 2.99. The minimum atomic E-state index is 0.937. The molecule has 2 aromatic rings. The highest BCUT2D eigenvalue weighted by Gasteiger charge is 2.19. The molecule has 2 heterocycles. The zero-order valence-electron chi connectivity index (χ0n) is 9.94. The van der Waals surface area contributed by atoms with Crippen LogP contribution in [-0.2, 0) is 13.0 Å². The van der Waals surface area contributed by atoms with Crippen molar-refractivity contribution in [3.8, 4) is 10.4 Å². The highest BCUT2D eigenvalue weighted by Crippen LogP contribution is 2.35. The maximum Gasteiger partial charge on any atom is 0.0362 e. The van der Waals surface area contributed by atoms with Crippen LogP contribution in [0, 0.1) is 0 Å². The van der Waals surface area contributed by atoms with Gasteiger partial charge in [-0.3, -0.25) is 0 Å². The minimum absolute atomic E-state index is 0.937. The fraction of sp³-hybridized carbons (Fsp3) is 0.286. The van der Waals surface area contributed by atoms with Gasteiger partial charge in [-0.25, -0.2) is 0 Å². The summed E-state index contributed by atoms with van der Waals surface area (Å²) in [6, 6.07) is 8.52. The molecule has 0 amide bonds. The van der Waals surface area contributed by atoms with Crippen LogP contribution in [-0.4, -0.2) is 18.5 Å². The maximum atomic E-state index is 6.10. The fourth-order valence-electron chi connectivity index (χ4n) is 2.50. The van der Waals surface area contributed by atoms with E-state index in [4.69, 9.17) is 5.73 Å². The molecular weight excluding hydrogens is 228 g/mol. The van der Waals surface area contributed by atoms with Crippen LogP contribution < -0.4 is 5.73 Å². The standard InChI is InChI=1S/C14H16N2S/c1-16-7-6-10-11(14-3-2-8-17-14)4-5-13(15)12(10)9-16/h2-5,8H,6-7,9,15H2,1H3. The Balaban J connectivity index is 2.16. The Hall–Kier alpha value is -1.32. The molecule has 1 aliphatic heterocycles. The van der Waals surface area contributed by atoms with Gasteiger partial charge in [0.1, 0.15) is 0 Å². The molecule has 0 saturated heterocycles. The average Bonchev–Trinajstić information content (AvgIpc) is 2.84. The van der Waals surface area contributed by atoms with Crippen LogP contribution in [0.5, 0.6) is 0 Å². The second kappa shape index (κ2) is 4.17. The fourth-order valence-corrected chi connectivity index (χ4v) is 3.28. The molecule has 88 valence electrons. The number of nitrogen functional groups attached to an aromatic ring is 1. The van der Waals surface area contributed by atoms with Gasteiger partial charge in [0.15, 0.2) is 0 Å². The highest BCUT2D eigenvalue weighted by atomic mass is 32.1. The summed E-state index contributed by atoms with van der Waals surface area (Å²) in [5.41, 5.74) is 11.2. The first-order valence-corrected chi connectivity index (χ1v) is 6.76. The summed E-state index contributed by atoms with van der Waals surface area (Å²) in [6.45, 7) is 2.09. The molecule has 0 aliphatic carbocycles. The Morgan fingerprint density at radius 2 is 2.12 bits per heavy atom. The second-order valence-electron chi connectivity index (χ2n) is 4.62. The van der Waals surface area contributed by atoms with Crippen LogP contribution in [0.15, 0.2) is 29.6 Å². The van der Waals surface area contributed by atoms with E-state index in [2.05, 4.69) is 35.5 Å². The van der Waals surface area contributed by atoms with E-state index in [1.54, 1.807) is 11.3 Å². The Morgan fingerprint density at radius 3 is 2.88 bits per heavy atom. The first kappa shape index (κ1) is 10.8. The number of thiophene rings is 1. The molecule has 0 saturated carbocycles. The number of nitrogens with two attached hydrogens (primary N) is 1. The lowest BCUT2D eigenvalue weighted by Gasteiger charge is -2.27. The van der Waals surface area contributed by atoms with E-state index in [0.29, 0.717) is 0 Å². The van der Waals surface area contributed by atoms with Crippen LogP contribution in [0.3, 0.4) is 0 Å². The van der Waals surface area contributed by atoms with Crippen molar-refractivity contribution < 1.29 is 0 Å². The van der Waals surface area contributed by atoms with Crippen molar-refractivity contribution in [1.29, 1.82) is 0 Å². The van der Waals surface area contributed by atoms with Gasteiger partial charge in [-0.1, -0.05) is 12.1 Å². The number of rotatable bonds is 1. The summed E-state index contributed by atoms with van der Waals surface area (Å²) >= 11 is 1.80. The van der Waals surface area contributed by atoms with E-state index < -0.39 is 0 Å². The summed E-state index contributed by atoms with van der Waals surface area (Å²) in [4.78, 5) is 3.68. The number of likely N-dealkylation sites (N-methyl/N-ethyl adjacent to an activating group) is 1. The van der Waals surface area contributed by atoms with E-state index >= 15 is 0 Å². The van der Waals surface area contributed by atoms with E-state index in [9.17, 15) is 0 Å². The molecule has 1 aromatic carbocycles. The van der Waals surface area contributed by atoms with Crippen molar-refractivity contribution in [3.63, 3.8) is 0 Å². The molecular formula is C14H16N2S. The van der Waals surface area contributed by atoms with Crippen molar-refractivity contribution in [2.75, 3.05) is 19.3 Å². The Bertz CT molecular complexity index is 531. The molecule has 2 N–H and O–H groups in total. The zero-order valence-corrected chi connectivity index (χ0v) is 10.8. The largest absolute Gasteiger partial charge is 0.398 e. The molecule has 0 spiro atoms. The molecule has 1 aliphatic rings. The molecule has 3 rings (SSSR count). The van der Waals surface area contributed by atoms with Gasteiger partial charge < -0.3 is 10.6 Å². The molecule has 0 radical (unpaired) electrons. The molecule has 0 unspecified atom stereocenters. The minimum Gasteiger partial charge on any atom is -0.398 e. The molecule has 17 heavy (non-hydrogen) atoms. The number of anilines is 1. The molecule has 2 nitrogen and oxygen atoms in total. The normalized spacial score (nSPS) is 15.8. The number of hydrogen-bond acceptors (Lipinski definition) is 3. The number of nitrogens with zero attached hydrogens (tertiary/aromatic N) is 1. The second-order valence-corrected chi connectivity index (χ2v) is 5.57. The van der Waals surface area contributed by atoms with Gasteiger partial charge in [0, 0.05) is 23.7 Å². The third kappa shape index (κ3) is 1.85. The van der Waals surface area contributed by atoms with Crippen LogP contribution in [0.25, 0.3) is 10.4 Å². The summed E-state index contributed by atoms with van der Waals surface area (Å²) in [6.07, 6.45) is 1.10. The highest BCUT2D eigenvalue weighted by molar-refractivity contribution is 7.13. The van der Waals surface area contributed by atoms with E-state index in [-0.39, 0.29) is 0 Å². The van der Waals surface area contributed by atoms with Crippen molar-refractivity contribution in [2.45, 2.75) is 13.0 Å². The summed E-state index contributed by atoms with van der Waals surface area (Å²) in [5, 5.41) is 2.13. The monoisotopic (exact) mass is 244 g/mol. The van der Waals surface area contributed by atoms with E-state index in [1.807, 2.05) is 6.07 Å². The van der Waals surface area contributed by atoms with Crippen molar-refractivity contribution in [2.24, 2.45) is 0 Å². The summed E-state index contributed by atoms with van der Waals surface area (Å²) < 4.78 is 0. The lowest BCUT2D eigenvalue weighted by Crippen LogP contribution is -2.27. The summed E-state index contributed by atoms with van der Waals surface area (Å²) in [5.74, 6) is 0. The number of hydrogen-bond donors (Lipinski definition) is 1. The third-order valence-corrected chi connectivity index (χ3v) is 4.33. The molecule has 1 aromatic heterocycles. The Labute approximate surface area is 106 Å². The van der Waals surface area contributed by atoms with Crippen molar-refractivity contribution in [1.82, 2.24) is 4.90 Å². The van der Waals surface area contributed by atoms with Crippen LogP contribution in [0.4, 0.5) is 5.69 Å². The van der Waals surface area contributed by atoms with Gasteiger partial charge in [-0.15, -0.1) is 11.3 Å². The lowest BCUT2D eigenvalue weighted by molar-refractivity contribution is 0.314. The number of benzene rings is 1. The van der Waals surface area contributed by atoms with Crippen LogP contribution in [0.1, 0.15) is 11.1 Å². The topological polar surface area (TPSA) is 29.3 Å². The predicted molar refractivity (Wildman–Crippen MR) is 74.2 cm³/mol. The van der Waals surface area contributed by atoms with Gasteiger partial charge in [0.2, 0.25) is 0 Å². The average molecular weight is 244 g/mol. The van der Waals surface area contributed by atoms with Gasteiger partial charge >= 0.3 is 0 Å². The maximum absolute atomic E-state index is 6.10. The molecule has 0 atom stereocenters. The van der Waals surface area contributed by atoms with Gasteiger partial charge in [-0.05, 0) is 47.7 Å². The number of fused-ring (bicyclic) bond motifs is 1. The molecule has 0 bridgehead atoms. The molecule has 0 fully saturated rings. The Morgan fingerprint density at radius 1 is 1.24 bits per heavy atom. The molecule has 3 heteroatoms. The smallest absolute Gasteiger partial charge is 0.0362 e. The lowest BCUT2D eigenvalue weighted by atomic mass is 9.92. The van der Waals surface area contributed by atoms with Crippen LogP contribution >= 0.6 is 11.3 Å². The van der Waals surface area contributed by atoms with Gasteiger partial charge in [-0.2, -0.15) is 0 Å². The first-order valence-electron chi connectivity index (χ1n) is 5.88. The van der Waals surface area contributed by atoms with Crippen molar-refractivity contribution in [3.05, 3.63) is 40.8 Å². The van der Waals surface area contributed by atoms with Crippen LogP contribution in [0.2, 0.25) is 0 Å².